The summed E-state index contributed by atoms with van der Waals surface area (Å²) < 4.78 is 0. The van der Waals surface area contributed by atoms with Crippen LogP contribution in [0, 0.1) is 5.92 Å². The molecule has 0 atom stereocenters. The molecule has 0 unspecified atom stereocenters. The zero-order valence-corrected chi connectivity index (χ0v) is 14.3. The molecule has 0 bridgehead atoms. The number of nitrogens with zero attached hydrogens (tertiary/aromatic N) is 4. The van der Waals surface area contributed by atoms with E-state index in [2.05, 4.69) is 15.3 Å². The minimum atomic E-state index is -0.870. The molecular formula is C17H25N5O3. The van der Waals surface area contributed by atoms with Gasteiger partial charge in [-0.3, -0.25) is 14.6 Å². The Morgan fingerprint density at radius 2 is 1.72 bits per heavy atom. The molecule has 2 aliphatic rings. The normalized spacial score (nSPS) is 19.8. The predicted octanol–water partition coefficient (Wildman–Crippen LogP) is 0.0314. The minimum absolute atomic E-state index is 0.0513. The molecule has 136 valence electrons. The third-order valence-electron chi connectivity index (χ3n) is 4.92. The first-order valence-electron chi connectivity index (χ1n) is 8.77. The summed E-state index contributed by atoms with van der Waals surface area (Å²) in [6, 6.07) is 3.99. The number of piperazine rings is 1. The van der Waals surface area contributed by atoms with Gasteiger partial charge in [0.1, 0.15) is 6.54 Å². The van der Waals surface area contributed by atoms with Crippen LogP contribution in [0.15, 0.2) is 24.5 Å². The van der Waals surface area contributed by atoms with Gasteiger partial charge in [-0.15, -0.1) is 0 Å². The molecule has 8 heteroatoms. The summed E-state index contributed by atoms with van der Waals surface area (Å²) in [5.41, 5.74) is 4.03. The molecule has 25 heavy (non-hydrogen) atoms. The molecule has 1 aromatic rings. The van der Waals surface area contributed by atoms with Crippen molar-refractivity contribution in [2.45, 2.75) is 12.8 Å². The zero-order valence-electron chi connectivity index (χ0n) is 14.3. The first-order valence-corrected chi connectivity index (χ1v) is 8.77. The van der Waals surface area contributed by atoms with Crippen molar-refractivity contribution in [1.82, 2.24) is 20.3 Å². The topological polar surface area (TPSA) is 89.0 Å². The van der Waals surface area contributed by atoms with Gasteiger partial charge in [-0.1, -0.05) is 0 Å². The highest BCUT2D eigenvalue weighted by atomic mass is 16.4. The quantitative estimate of drug-likeness (QED) is 0.777. The molecule has 3 heterocycles. The SMILES string of the molecule is O=C(O)CNN1CCC(C(=O)N2CCN(c3ccncc3)CC2)CC1. The molecule has 0 aliphatic carbocycles. The summed E-state index contributed by atoms with van der Waals surface area (Å²) in [4.78, 5) is 31.6. The van der Waals surface area contributed by atoms with E-state index in [0.717, 1.165) is 44.7 Å². The number of carboxylic acid groups (broad SMARTS) is 1. The fraction of sp³-hybridized carbons (Fsp3) is 0.588. The van der Waals surface area contributed by atoms with Crippen LogP contribution in [-0.2, 0) is 9.59 Å². The minimum Gasteiger partial charge on any atom is -0.480 e. The van der Waals surface area contributed by atoms with E-state index in [0.29, 0.717) is 13.1 Å². The van der Waals surface area contributed by atoms with E-state index in [1.54, 1.807) is 12.4 Å². The molecule has 2 fully saturated rings. The fourth-order valence-corrected chi connectivity index (χ4v) is 3.46. The lowest BCUT2D eigenvalue weighted by atomic mass is 9.96. The van der Waals surface area contributed by atoms with Gasteiger partial charge in [0.25, 0.3) is 0 Å². The van der Waals surface area contributed by atoms with Crippen LogP contribution in [0.2, 0.25) is 0 Å². The Morgan fingerprint density at radius 3 is 2.32 bits per heavy atom. The van der Waals surface area contributed by atoms with Gasteiger partial charge in [0.2, 0.25) is 5.91 Å². The van der Waals surface area contributed by atoms with E-state index in [1.807, 2.05) is 22.0 Å². The lowest BCUT2D eigenvalue weighted by Crippen LogP contribution is -2.53. The number of rotatable bonds is 5. The predicted molar refractivity (Wildman–Crippen MR) is 93.0 cm³/mol. The van der Waals surface area contributed by atoms with Crippen molar-refractivity contribution in [2.24, 2.45) is 5.92 Å². The Balaban J connectivity index is 1.43. The Kier molecular flexibility index (Phi) is 5.83. The van der Waals surface area contributed by atoms with E-state index in [1.165, 1.54) is 0 Å². The number of nitrogens with one attached hydrogen (secondary N) is 1. The molecule has 1 amide bonds. The molecule has 2 saturated heterocycles. The van der Waals surface area contributed by atoms with E-state index < -0.39 is 5.97 Å². The third kappa shape index (κ3) is 4.67. The number of anilines is 1. The Labute approximate surface area is 147 Å². The molecule has 8 nitrogen and oxygen atoms in total. The maximum absolute atomic E-state index is 12.7. The van der Waals surface area contributed by atoms with Crippen LogP contribution in [0.5, 0.6) is 0 Å². The van der Waals surface area contributed by atoms with Crippen molar-refractivity contribution >= 4 is 17.6 Å². The van der Waals surface area contributed by atoms with Crippen molar-refractivity contribution in [2.75, 3.05) is 50.7 Å². The van der Waals surface area contributed by atoms with Gasteiger partial charge in [-0.25, -0.2) is 10.4 Å². The molecule has 0 saturated carbocycles. The van der Waals surface area contributed by atoms with Crippen LogP contribution >= 0.6 is 0 Å². The van der Waals surface area contributed by atoms with Crippen molar-refractivity contribution in [3.05, 3.63) is 24.5 Å². The standard InChI is InChI=1S/C17H25N5O3/c23-16(24)13-19-22-7-3-14(4-8-22)17(25)21-11-9-20(10-12-21)15-1-5-18-6-2-15/h1-2,5-6,14,19H,3-4,7-13H2,(H,23,24). The second-order valence-corrected chi connectivity index (χ2v) is 6.51. The number of pyridine rings is 1. The first-order chi connectivity index (χ1) is 12.1. The number of hydrogen-bond acceptors (Lipinski definition) is 6. The number of aromatic nitrogens is 1. The number of amides is 1. The summed E-state index contributed by atoms with van der Waals surface area (Å²) >= 11 is 0. The molecule has 1 aromatic heterocycles. The highest BCUT2D eigenvalue weighted by molar-refractivity contribution is 5.79. The number of aliphatic carboxylic acids is 1. The summed E-state index contributed by atoms with van der Waals surface area (Å²) in [5.74, 6) is -0.576. The number of carbonyl (C=O) groups is 2. The van der Waals surface area contributed by atoms with Gasteiger partial charge < -0.3 is 14.9 Å². The Morgan fingerprint density at radius 1 is 1.08 bits per heavy atom. The number of hydrazine groups is 1. The monoisotopic (exact) mass is 347 g/mol. The zero-order chi connectivity index (χ0) is 17.6. The van der Waals surface area contributed by atoms with E-state index in [4.69, 9.17) is 5.11 Å². The van der Waals surface area contributed by atoms with E-state index in [-0.39, 0.29) is 18.4 Å². The van der Waals surface area contributed by atoms with Gasteiger partial charge >= 0.3 is 5.97 Å². The molecule has 0 aromatic carbocycles. The second-order valence-electron chi connectivity index (χ2n) is 6.51. The van der Waals surface area contributed by atoms with Crippen LogP contribution in [0.25, 0.3) is 0 Å². The van der Waals surface area contributed by atoms with E-state index in [9.17, 15) is 9.59 Å². The highest BCUT2D eigenvalue weighted by Gasteiger charge is 2.30. The fourth-order valence-electron chi connectivity index (χ4n) is 3.46. The van der Waals surface area contributed by atoms with Crippen LogP contribution < -0.4 is 10.3 Å². The summed E-state index contributed by atoms with van der Waals surface area (Å²) in [7, 11) is 0. The van der Waals surface area contributed by atoms with Crippen molar-refractivity contribution in [3.8, 4) is 0 Å². The van der Waals surface area contributed by atoms with E-state index >= 15 is 0 Å². The van der Waals surface area contributed by atoms with Gasteiger partial charge in [0, 0.05) is 63.3 Å². The van der Waals surface area contributed by atoms with Crippen LogP contribution in [0.4, 0.5) is 5.69 Å². The largest absolute Gasteiger partial charge is 0.480 e. The van der Waals surface area contributed by atoms with Crippen LogP contribution in [0.3, 0.4) is 0 Å². The number of carboxylic acids is 1. The molecule has 0 radical (unpaired) electrons. The number of piperidine rings is 1. The van der Waals surface area contributed by atoms with Crippen molar-refractivity contribution in [1.29, 1.82) is 0 Å². The molecular weight excluding hydrogens is 322 g/mol. The van der Waals surface area contributed by atoms with Crippen molar-refractivity contribution in [3.63, 3.8) is 0 Å². The lowest BCUT2D eigenvalue weighted by molar-refractivity contribution is -0.140. The van der Waals surface area contributed by atoms with Gasteiger partial charge in [-0.05, 0) is 25.0 Å². The third-order valence-corrected chi connectivity index (χ3v) is 4.92. The average molecular weight is 347 g/mol. The summed E-state index contributed by atoms with van der Waals surface area (Å²) in [5, 5.41) is 10.6. The van der Waals surface area contributed by atoms with Gasteiger partial charge in [0.15, 0.2) is 0 Å². The van der Waals surface area contributed by atoms with Crippen molar-refractivity contribution < 1.29 is 14.7 Å². The molecule has 2 aliphatic heterocycles. The Bertz CT molecular complexity index is 581. The number of carbonyl (C=O) groups excluding carboxylic acids is 1. The maximum atomic E-state index is 12.7. The number of hydrogen-bond donors (Lipinski definition) is 2. The lowest BCUT2D eigenvalue weighted by Gasteiger charge is -2.39. The smallest absolute Gasteiger partial charge is 0.318 e. The van der Waals surface area contributed by atoms with Gasteiger partial charge in [-0.2, -0.15) is 0 Å². The Hall–Kier alpha value is -2.19. The molecule has 3 rings (SSSR count). The summed E-state index contributed by atoms with van der Waals surface area (Å²) in [6.07, 6.45) is 5.13. The summed E-state index contributed by atoms with van der Waals surface area (Å²) in [6.45, 7) is 4.53. The molecule has 2 N–H and O–H groups in total. The van der Waals surface area contributed by atoms with Crippen LogP contribution in [0.1, 0.15) is 12.8 Å². The second kappa shape index (κ2) is 8.26. The molecule has 0 spiro atoms. The average Bonchev–Trinajstić information content (AvgIpc) is 2.67. The maximum Gasteiger partial charge on any atom is 0.318 e. The first kappa shape index (κ1) is 17.6. The van der Waals surface area contributed by atoms with Gasteiger partial charge in [0.05, 0.1) is 0 Å². The van der Waals surface area contributed by atoms with Crippen LogP contribution in [-0.4, -0.2) is 77.7 Å². The highest BCUT2D eigenvalue weighted by Crippen LogP contribution is 2.21.